The van der Waals surface area contributed by atoms with E-state index in [-0.39, 0.29) is 60.9 Å². The van der Waals surface area contributed by atoms with Crippen molar-refractivity contribution < 1.29 is 17.6 Å². The predicted octanol–water partition coefficient (Wildman–Crippen LogP) is 3.19. The summed E-state index contributed by atoms with van der Waals surface area (Å²) in [6.45, 7) is 5.23. The van der Waals surface area contributed by atoms with Crippen LogP contribution in [0.1, 0.15) is 42.4 Å². The maximum atomic E-state index is 13.3. The van der Waals surface area contributed by atoms with Gasteiger partial charge in [-0.2, -0.15) is 4.31 Å². The average Bonchev–Trinajstić information content (AvgIpc) is 3.42. The number of rotatable bonds is 4. The molecule has 2 unspecified atom stereocenters. The summed E-state index contributed by atoms with van der Waals surface area (Å²) in [4.78, 5) is 22.3. The third kappa shape index (κ3) is 4.45. The molecule has 0 spiro atoms. The lowest BCUT2D eigenvalue weighted by atomic mass is 10.1. The highest BCUT2D eigenvalue weighted by Crippen LogP contribution is 2.27. The molecule has 34 heavy (non-hydrogen) atoms. The van der Waals surface area contributed by atoms with Gasteiger partial charge in [0.25, 0.3) is 15.9 Å². The molecule has 0 saturated carbocycles. The van der Waals surface area contributed by atoms with Crippen LogP contribution in [-0.2, 0) is 23.0 Å². The number of oxazole rings is 1. The highest BCUT2D eigenvalue weighted by atomic mass is 35.5. The fourth-order valence-corrected chi connectivity index (χ4v) is 6.21. The van der Waals surface area contributed by atoms with E-state index in [0.29, 0.717) is 35.7 Å². The van der Waals surface area contributed by atoms with E-state index in [0.717, 1.165) is 11.1 Å². The summed E-state index contributed by atoms with van der Waals surface area (Å²) >= 11 is 6.04. The number of halogens is 2. The Morgan fingerprint density at radius 2 is 2.09 bits per heavy atom. The summed E-state index contributed by atoms with van der Waals surface area (Å²) in [7, 11) is -3.75. The minimum absolute atomic E-state index is 0. The first-order chi connectivity index (χ1) is 15.8. The number of nitrogens with one attached hydrogen (secondary N) is 2. The monoisotopic (exact) mass is 527 g/mol. The van der Waals surface area contributed by atoms with Crippen LogP contribution in [0.3, 0.4) is 0 Å². The lowest BCUT2D eigenvalue weighted by Gasteiger charge is -2.39. The Hall–Kier alpha value is -2.11. The third-order valence-electron chi connectivity index (χ3n) is 6.43. The molecule has 5 rings (SSSR count). The van der Waals surface area contributed by atoms with E-state index in [1.807, 2.05) is 6.92 Å². The van der Waals surface area contributed by atoms with Gasteiger partial charge in [-0.05, 0) is 37.6 Å². The molecule has 4 heterocycles. The Balaban J connectivity index is 0.00000274. The second-order valence-electron chi connectivity index (χ2n) is 8.66. The Kier molecular flexibility index (Phi) is 6.99. The number of aromatic nitrogens is 2. The van der Waals surface area contributed by atoms with Crippen LogP contribution in [0.4, 0.5) is 0 Å². The van der Waals surface area contributed by atoms with Gasteiger partial charge < -0.3 is 19.6 Å². The molecule has 0 aliphatic carbocycles. The molecule has 9 nitrogen and oxygen atoms in total. The average molecular weight is 528 g/mol. The summed E-state index contributed by atoms with van der Waals surface area (Å²) in [5.41, 5.74) is 1.52. The smallest absolute Gasteiger partial charge is 0.310 e. The van der Waals surface area contributed by atoms with Crippen molar-refractivity contribution in [2.45, 2.75) is 50.3 Å². The first kappa shape index (κ1) is 25.0. The van der Waals surface area contributed by atoms with Gasteiger partial charge in [-0.25, -0.2) is 13.4 Å². The van der Waals surface area contributed by atoms with Crippen molar-refractivity contribution in [2.24, 2.45) is 0 Å². The third-order valence-corrected chi connectivity index (χ3v) is 8.45. The number of nitrogens with zero attached hydrogens (tertiary/aromatic N) is 3. The molecule has 2 atom stereocenters. The number of aromatic amines is 1. The van der Waals surface area contributed by atoms with Crippen LogP contribution in [0.2, 0.25) is 5.02 Å². The van der Waals surface area contributed by atoms with Crippen molar-refractivity contribution in [1.82, 2.24) is 24.5 Å². The topological polar surface area (TPSA) is 112 Å². The highest BCUT2D eigenvalue weighted by molar-refractivity contribution is 7.89. The summed E-state index contributed by atoms with van der Waals surface area (Å²) in [6.07, 6.45) is 1.32. The van der Waals surface area contributed by atoms with E-state index in [9.17, 15) is 13.2 Å². The van der Waals surface area contributed by atoms with Crippen molar-refractivity contribution in [1.29, 1.82) is 0 Å². The highest BCUT2D eigenvalue weighted by Gasteiger charge is 2.38. The molecule has 2 aromatic heterocycles. The van der Waals surface area contributed by atoms with Gasteiger partial charge in [0.05, 0.1) is 12.2 Å². The minimum Gasteiger partial charge on any atom is -0.436 e. The minimum atomic E-state index is -3.75. The van der Waals surface area contributed by atoms with E-state index in [1.54, 1.807) is 29.2 Å². The van der Waals surface area contributed by atoms with Crippen LogP contribution in [0.5, 0.6) is 0 Å². The summed E-state index contributed by atoms with van der Waals surface area (Å²) < 4.78 is 33.9. The number of piperazine rings is 1. The SMILES string of the molecule is CCC1CN(S(=O)(=O)c2cc3cc(Cl)ccc3[nH]2)CCN1C(=O)c1nc2c(o1)CNC(C)C2.Cl. The van der Waals surface area contributed by atoms with Gasteiger partial charge in [0.2, 0.25) is 0 Å². The fourth-order valence-electron chi connectivity index (χ4n) is 4.54. The molecule has 2 aliphatic rings. The molecular weight excluding hydrogens is 501 g/mol. The molecule has 1 aromatic carbocycles. The molecule has 2 aliphatic heterocycles. The molecule has 184 valence electrons. The number of carbonyl (C=O) groups is 1. The molecule has 12 heteroatoms. The molecule has 2 N–H and O–H groups in total. The first-order valence-corrected chi connectivity index (χ1v) is 12.9. The van der Waals surface area contributed by atoms with Crippen LogP contribution in [-0.4, -0.2) is 65.2 Å². The Morgan fingerprint density at radius 1 is 1.29 bits per heavy atom. The van der Waals surface area contributed by atoms with Crippen molar-refractivity contribution in [3.8, 4) is 0 Å². The van der Waals surface area contributed by atoms with Gasteiger partial charge in [0.1, 0.15) is 10.8 Å². The van der Waals surface area contributed by atoms with Crippen LogP contribution in [0.25, 0.3) is 10.9 Å². The quantitative estimate of drug-likeness (QED) is 0.538. The summed E-state index contributed by atoms with van der Waals surface area (Å²) in [6, 6.07) is 6.80. The van der Waals surface area contributed by atoms with Gasteiger partial charge >= 0.3 is 5.91 Å². The zero-order valence-corrected chi connectivity index (χ0v) is 21.3. The molecule has 1 amide bonds. The predicted molar refractivity (Wildman–Crippen MR) is 131 cm³/mol. The molecule has 0 bridgehead atoms. The van der Waals surface area contributed by atoms with Crippen molar-refractivity contribution in [3.05, 3.63) is 46.6 Å². The van der Waals surface area contributed by atoms with Gasteiger partial charge in [0, 0.05) is 54.1 Å². The number of hydrogen-bond donors (Lipinski definition) is 2. The molecule has 1 fully saturated rings. The fraction of sp³-hybridized carbons (Fsp3) is 0.455. The molecule has 1 saturated heterocycles. The zero-order chi connectivity index (χ0) is 23.3. The van der Waals surface area contributed by atoms with E-state index < -0.39 is 10.0 Å². The van der Waals surface area contributed by atoms with Gasteiger partial charge in [0.15, 0.2) is 0 Å². The maximum Gasteiger partial charge on any atom is 0.310 e. The Labute approximate surface area is 209 Å². The van der Waals surface area contributed by atoms with E-state index in [4.69, 9.17) is 16.0 Å². The number of sulfonamides is 1. The Bertz CT molecular complexity index is 1320. The lowest BCUT2D eigenvalue weighted by molar-refractivity contribution is 0.0517. The number of hydrogen-bond acceptors (Lipinski definition) is 6. The second-order valence-corrected chi connectivity index (χ2v) is 11.0. The normalized spacial score (nSPS) is 21.3. The zero-order valence-electron chi connectivity index (χ0n) is 18.9. The van der Waals surface area contributed by atoms with Gasteiger partial charge in [-0.15, -0.1) is 12.4 Å². The Morgan fingerprint density at radius 3 is 2.85 bits per heavy atom. The number of amides is 1. The van der Waals surface area contributed by atoms with Crippen molar-refractivity contribution >= 4 is 50.8 Å². The summed E-state index contributed by atoms with van der Waals surface area (Å²) in [5, 5.41) is 4.70. The van der Waals surface area contributed by atoms with E-state index in [2.05, 4.69) is 22.2 Å². The first-order valence-electron chi connectivity index (χ1n) is 11.1. The maximum absolute atomic E-state index is 13.3. The standard InChI is InChI=1S/C22H26ClN5O4S.ClH/c1-3-16-12-27(33(30,31)20-10-14-9-15(23)4-5-17(14)25-20)6-7-28(16)22(29)21-26-18-8-13(2)24-11-19(18)32-21;/h4-5,9-10,13,16,24-25H,3,6-8,11-12H2,1-2H3;1H. The van der Waals surface area contributed by atoms with Gasteiger partial charge in [-0.3, -0.25) is 4.79 Å². The molecule has 3 aromatic rings. The largest absolute Gasteiger partial charge is 0.436 e. The van der Waals surface area contributed by atoms with Crippen LogP contribution >= 0.6 is 24.0 Å². The van der Waals surface area contributed by atoms with Crippen molar-refractivity contribution in [3.63, 3.8) is 0 Å². The van der Waals surface area contributed by atoms with Crippen molar-refractivity contribution in [2.75, 3.05) is 19.6 Å². The molecule has 0 radical (unpaired) electrons. The number of benzene rings is 1. The number of carbonyl (C=O) groups excluding carboxylic acids is 1. The second kappa shape index (κ2) is 9.50. The summed E-state index contributed by atoms with van der Waals surface area (Å²) in [5.74, 6) is 0.490. The van der Waals surface area contributed by atoms with Crippen LogP contribution < -0.4 is 5.32 Å². The number of fused-ring (bicyclic) bond motifs is 2. The number of H-pyrrole nitrogens is 1. The van der Waals surface area contributed by atoms with E-state index >= 15 is 0 Å². The molecular formula is C22H27Cl2N5O4S. The lowest BCUT2D eigenvalue weighted by Crippen LogP contribution is -2.56. The van der Waals surface area contributed by atoms with Gasteiger partial charge in [-0.1, -0.05) is 18.5 Å². The van der Waals surface area contributed by atoms with E-state index in [1.165, 1.54) is 4.31 Å². The van der Waals surface area contributed by atoms with Crippen LogP contribution in [0.15, 0.2) is 33.7 Å². The van der Waals surface area contributed by atoms with Crippen LogP contribution in [0, 0.1) is 0 Å².